The van der Waals surface area contributed by atoms with Crippen LogP contribution in [0.1, 0.15) is 39.0 Å². The highest BCUT2D eigenvalue weighted by molar-refractivity contribution is 7.99. The van der Waals surface area contributed by atoms with E-state index < -0.39 is 11.6 Å². The standard InChI is InChI=1S/C11H20O3S/c1-2-3-4-7-14-11(10(12)13)6-5-8-15-9-11/h2-9H2,1H3,(H,12,13). The number of unbranched alkanes of at least 4 members (excludes halogenated alkanes) is 2. The molecule has 0 amide bonds. The van der Waals surface area contributed by atoms with Crippen molar-refractivity contribution in [2.75, 3.05) is 18.1 Å². The largest absolute Gasteiger partial charge is 0.479 e. The Labute approximate surface area is 95.6 Å². The first kappa shape index (κ1) is 12.8. The highest BCUT2D eigenvalue weighted by Crippen LogP contribution is 2.30. The molecule has 0 aliphatic carbocycles. The number of hydrogen-bond acceptors (Lipinski definition) is 3. The quantitative estimate of drug-likeness (QED) is 0.715. The Kier molecular flexibility index (Phi) is 5.47. The third-order valence-corrected chi connectivity index (χ3v) is 3.97. The van der Waals surface area contributed by atoms with E-state index in [1.54, 1.807) is 11.8 Å². The van der Waals surface area contributed by atoms with Crippen molar-refractivity contribution in [3.8, 4) is 0 Å². The summed E-state index contributed by atoms with van der Waals surface area (Å²) in [7, 11) is 0. The van der Waals surface area contributed by atoms with Crippen LogP contribution in [0.3, 0.4) is 0 Å². The van der Waals surface area contributed by atoms with E-state index in [1.165, 1.54) is 0 Å². The average molecular weight is 232 g/mol. The first-order valence-electron chi connectivity index (χ1n) is 5.66. The van der Waals surface area contributed by atoms with Crippen LogP contribution >= 0.6 is 11.8 Å². The lowest BCUT2D eigenvalue weighted by Crippen LogP contribution is -2.46. The zero-order valence-electron chi connectivity index (χ0n) is 9.33. The Hall–Kier alpha value is -0.220. The maximum Gasteiger partial charge on any atom is 0.336 e. The third-order valence-electron chi connectivity index (χ3n) is 2.72. The molecule has 1 aliphatic heterocycles. The van der Waals surface area contributed by atoms with Crippen LogP contribution in [0, 0.1) is 0 Å². The van der Waals surface area contributed by atoms with Crippen LogP contribution in [-0.2, 0) is 9.53 Å². The molecule has 1 aliphatic rings. The van der Waals surface area contributed by atoms with Gasteiger partial charge in [-0.2, -0.15) is 11.8 Å². The zero-order valence-corrected chi connectivity index (χ0v) is 10.1. The molecule has 88 valence electrons. The molecule has 0 aromatic carbocycles. The highest BCUT2D eigenvalue weighted by Gasteiger charge is 2.41. The van der Waals surface area contributed by atoms with Crippen molar-refractivity contribution in [1.82, 2.24) is 0 Å². The first-order valence-corrected chi connectivity index (χ1v) is 6.82. The fourth-order valence-electron chi connectivity index (χ4n) is 1.73. The van der Waals surface area contributed by atoms with Crippen molar-refractivity contribution >= 4 is 17.7 Å². The minimum absolute atomic E-state index is 0.584. The minimum Gasteiger partial charge on any atom is -0.479 e. The maximum atomic E-state index is 11.2. The van der Waals surface area contributed by atoms with Crippen LogP contribution in [0.5, 0.6) is 0 Å². The smallest absolute Gasteiger partial charge is 0.336 e. The molecule has 0 radical (unpaired) electrons. The predicted octanol–water partition coefficient (Wildman–Crippen LogP) is 2.54. The minimum atomic E-state index is -0.892. The van der Waals surface area contributed by atoms with Gasteiger partial charge in [-0.25, -0.2) is 4.79 Å². The number of carboxylic acid groups (broad SMARTS) is 1. The molecule has 1 atom stereocenters. The Morgan fingerprint density at radius 1 is 1.53 bits per heavy atom. The van der Waals surface area contributed by atoms with Crippen molar-refractivity contribution in [3.63, 3.8) is 0 Å². The van der Waals surface area contributed by atoms with Gasteiger partial charge >= 0.3 is 5.97 Å². The molecule has 0 bridgehead atoms. The van der Waals surface area contributed by atoms with Crippen LogP contribution in [0.4, 0.5) is 0 Å². The Morgan fingerprint density at radius 2 is 2.33 bits per heavy atom. The van der Waals surface area contributed by atoms with E-state index in [1.807, 2.05) is 0 Å². The summed E-state index contributed by atoms with van der Waals surface area (Å²) in [4.78, 5) is 11.2. The average Bonchev–Trinajstić information content (AvgIpc) is 2.26. The van der Waals surface area contributed by atoms with E-state index in [2.05, 4.69) is 6.92 Å². The van der Waals surface area contributed by atoms with Gasteiger partial charge in [0.2, 0.25) is 0 Å². The summed E-state index contributed by atoms with van der Waals surface area (Å²) in [5.74, 6) is 0.883. The van der Waals surface area contributed by atoms with Crippen molar-refractivity contribution in [2.45, 2.75) is 44.6 Å². The van der Waals surface area contributed by atoms with Crippen molar-refractivity contribution in [2.24, 2.45) is 0 Å². The number of hydrogen-bond donors (Lipinski definition) is 1. The van der Waals surface area contributed by atoms with Crippen LogP contribution in [0.25, 0.3) is 0 Å². The summed E-state index contributed by atoms with van der Waals surface area (Å²) in [5, 5.41) is 9.21. The van der Waals surface area contributed by atoms with E-state index in [9.17, 15) is 9.90 Å². The molecule has 1 N–H and O–H groups in total. The molecule has 3 nitrogen and oxygen atoms in total. The second kappa shape index (κ2) is 6.38. The molecular formula is C11H20O3S. The topological polar surface area (TPSA) is 46.5 Å². The number of carboxylic acids is 1. The SMILES string of the molecule is CCCCCOC1(C(=O)O)CCCSC1. The Balaban J connectivity index is 2.39. The van der Waals surface area contributed by atoms with Crippen LogP contribution in [0.2, 0.25) is 0 Å². The monoisotopic (exact) mass is 232 g/mol. The number of thioether (sulfide) groups is 1. The molecule has 1 saturated heterocycles. The zero-order chi connectivity index (χ0) is 11.1. The maximum absolute atomic E-state index is 11.2. The predicted molar refractivity (Wildman–Crippen MR) is 62.4 cm³/mol. The number of aliphatic carboxylic acids is 1. The van der Waals surface area contributed by atoms with Gasteiger partial charge in [0.15, 0.2) is 5.60 Å². The summed E-state index contributed by atoms with van der Waals surface area (Å²) in [6.45, 7) is 2.71. The molecule has 0 spiro atoms. The number of rotatable bonds is 6. The van der Waals surface area contributed by atoms with Gasteiger partial charge in [0.25, 0.3) is 0 Å². The van der Waals surface area contributed by atoms with Gasteiger partial charge in [0.1, 0.15) is 0 Å². The normalized spacial score (nSPS) is 26.5. The highest BCUT2D eigenvalue weighted by atomic mass is 32.2. The van der Waals surface area contributed by atoms with Crippen molar-refractivity contribution in [1.29, 1.82) is 0 Å². The summed E-state index contributed by atoms with van der Waals surface area (Å²) in [6, 6.07) is 0. The Bertz CT molecular complexity index is 200. The van der Waals surface area contributed by atoms with E-state index in [-0.39, 0.29) is 0 Å². The fourth-order valence-corrected chi connectivity index (χ4v) is 2.91. The van der Waals surface area contributed by atoms with E-state index in [4.69, 9.17) is 4.74 Å². The van der Waals surface area contributed by atoms with Gasteiger partial charge in [-0.3, -0.25) is 0 Å². The first-order chi connectivity index (χ1) is 7.21. The lowest BCUT2D eigenvalue weighted by Gasteiger charge is -2.32. The second-order valence-electron chi connectivity index (χ2n) is 4.01. The molecule has 1 heterocycles. The van der Waals surface area contributed by atoms with Crippen molar-refractivity contribution < 1.29 is 14.6 Å². The number of ether oxygens (including phenoxy) is 1. The molecule has 0 saturated carbocycles. The Morgan fingerprint density at radius 3 is 2.87 bits per heavy atom. The third kappa shape index (κ3) is 3.68. The molecule has 1 fully saturated rings. The van der Waals surface area contributed by atoms with Gasteiger partial charge in [-0.05, 0) is 25.0 Å². The van der Waals surface area contributed by atoms with Gasteiger partial charge in [-0.15, -0.1) is 0 Å². The van der Waals surface area contributed by atoms with Crippen LogP contribution in [-0.4, -0.2) is 34.8 Å². The van der Waals surface area contributed by atoms with Gasteiger partial charge in [0, 0.05) is 12.4 Å². The number of carbonyl (C=O) groups is 1. The summed E-state index contributed by atoms with van der Waals surface area (Å²) >= 11 is 1.69. The second-order valence-corrected chi connectivity index (χ2v) is 5.12. The summed E-state index contributed by atoms with van der Waals surface area (Å²) in [6.07, 6.45) is 4.84. The van der Waals surface area contributed by atoms with Crippen LogP contribution in [0.15, 0.2) is 0 Å². The van der Waals surface area contributed by atoms with Gasteiger partial charge in [0.05, 0.1) is 0 Å². The molecular weight excluding hydrogens is 212 g/mol. The molecule has 0 aromatic rings. The summed E-state index contributed by atoms with van der Waals surface area (Å²) < 4.78 is 5.61. The molecule has 15 heavy (non-hydrogen) atoms. The van der Waals surface area contributed by atoms with Crippen molar-refractivity contribution in [3.05, 3.63) is 0 Å². The summed E-state index contributed by atoms with van der Waals surface area (Å²) in [5.41, 5.74) is -0.892. The fraction of sp³-hybridized carbons (Fsp3) is 0.909. The molecule has 0 aromatic heterocycles. The van der Waals surface area contributed by atoms with E-state index in [0.717, 1.165) is 31.4 Å². The van der Waals surface area contributed by atoms with Gasteiger partial charge < -0.3 is 9.84 Å². The van der Waals surface area contributed by atoms with E-state index in [0.29, 0.717) is 18.8 Å². The van der Waals surface area contributed by atoms with Crippen LogP contribution < -0.4 is 0 Å². The molecule has 4 heteroatoms. The molecule has 1 unspecified atom stereocenters. The lowest BCUT2D eigenvalue weighted by molar-refractivity contribution is -0.164. The van der Waals surface area contributed by atoms with E-state index >= 15 is 0 Å². The molecule has 1 rings (SSSR count). The lowest BCUT2D eigenvalue weighted by atomic mass is 10.00. The van der Waals surface area contributed by atoms with Gasteiger partial charge in [-0.1, -0.05) is 19.8 Å².